The highest BCUT2D eigenvalue weighted by atomic mass is 33.6. The molecule has 0 nitrogen and oxygen atoms in total. The van der Waals surface area contributed by atoms with Gasteiger partial charge in [0.1, 0.15) is 0 Å². The van der Waals surface area contributed by atoms with Gasteiger partial charge in [0, 0.05) is 0 Å². The van der Waals surface area contributed by atoms with Gasteiger partial charge in [-0.15, -0.1) is 0 Å². The SMILES string of the molecule is CSS[SH]=S. The summed E-state index contributed by atoms with van der Waals surface area (Å²) >= 11 is 4.57. The Bertz CT molecular complexity index is 24.8. The largest absolute Gasteiger partial charge is 0.0860 e. The fourth-order valence-electron chi connectivity index (χ4n) is 0.0304. The standard InChI is InChI=1S/CH4S4/c1-3-5-4-2/h4H,1H3. The molecule has 0 amide bonds. The Morgan fingerprint density at radius 1 is 1.80 bits per heavy atom. The van der Waals surface area contributed by atoms with E-state index in [-0.39, 0.29) is 0 Å². The van der Waals surface area contributed by atoms with Crippen LogP contribution in [0.5, 0.6) is 0 Å². The summed E-state index contributed by atoms with van der Waals surface area (Å²) in [6, 6.07) is 0. The van der Waals surface area contributed by atoms with Crippen LogP contribution < -0.4 is 0 Å². The van der Waals surface area contributed by atoms with Crippen LogP contribution in [0.15, 0.2) is 0 Å². The lowest BCUT2D eigenvalue weighted by Crippen LogP contribution is -1.33. The van der Waals surface area contributed by atoms with Crippen LogP contribution in [0.25, 0.3) is 0 Å². The normalized spacial score (nSPS) is 8.20. The van der Waals surface area contributed by atoms with E-state index in [0.29, 0.717) is 0 Å². The van der Waals surface area contributed by atoms with Gasteiger partial charge in [0.2, 0.25) is 0 Å². The van der Waals surface area contributed by atoms with Crippen molar-refractivity contribution in [1.82, 2.24) is 0 Å². The molecular weight excluding hydrogens is 140 g/mol. The zero-order valence-electron chi connectivity index (χ0n) is 2.67. The Kier molecular flexibility index (Phi) is 6.61. The summed E-state index contributed by atoms with van der Waals surface area (Å²) in [6.45, 7) is 0. The molecule has 32 valence electrons. The minimum Gasteiger partial charge on any atom is -0.0860 e. The summed E-state index contributed by atoms with van der Waals surface area (Å²) in [6.07, 6.45) is 2.02. The lowest BCUT2D eigenvalue weighted by Gasteiger charge is -1.72. The van der Waals surface area contributed by atoms with Gasteiger partial charge in [-0.3, -0.25) is 0 Å². The average molecular weight is 144 g/mol. The highest BCUT2D eigenvalue weighted by Gasteiger charge is 1.62. The van der Waals surface area contributed by atoms with Gasteiger partial charge in [-0.1, -0.05) is 20.1 Å². The second-order valence-electron chi connectivity index (χ2n) is 0.316. The van der Waals surface area contributed by atoms with Gasteiger partial charge in [0.15, 0.2) is 0 Å². The van der Waals surface area contributed by atoms with Crippen molar-refractivity contribution in [2.75, 3.05) is 6.26 Å². The van der Waals surface area contributed by atoms with Gasteiger partial charge in [0.25, 0.3) is 0 Å². The Morgan fingerprint density at radius 2 is 2.40 bits per heavy atom. The van der Waals surface area contributed by atoms with Gasteiger partial charge < -0.3 is 0 Å². The summed E-state index contributed by atoms with van der Waals surface area (Å²) in [5, 5.41) is 0. The number of hydrogen-bond acceptors (Lipinski definition) is 3. The summed E-state index contributed by atoms with van der Waals surface area (Å²) in [5.74, 6) is 0. The van der Waals surface area contributed by atoms with Crippen LogP contribution in [0.1, 0.15) is 0 Å². The van der Waals surface area contributed by atoms with Gasteiger partial charge >= 0.3 is 0 Å². The molecule has 0 N–H and O–H groups in total. The summed E-state index contributed by atoms with van der Waals surface area (Å²) < 4.78 is 0. The molecule has 0 unspecified atom stereocenters. The molecule has 0 rings (SSSR count). The van der Waals surface area contributed by atoms with Gasteiger partial charge in [-0.05, 0) is 27.3 Å². The third kappa shape index (κ3) is 5.27. The highest BCUT2D eigenvalue weighted by molar-refractivity contribution is 9.07. The first-order chi connectivity index (χ1) is 2.41. The first-order valence-corrected chi connectivity index (χ1v) is 6.01. The molecule has 0 heterocycles. The van der Waals surface area contributed by atoms with Crippen molar-refractivity contribution >= 4 is 41.2 Å². The molecule has 0 aliphatic carbocycles. The molecule has 5 heavy (non-hydrogen) atoms. The van der Waals surface area contributed by atoms with Gasteiger partial charge in [-0.2, -0.15) is 0 Å². The smallest absolute Gasteiger partial charge is 0.00709 e. The lowest BCUT2D eigenvalue weighted by atomic mass is 12.0. The van der Waals surface area contributed by atoms with Crippen molar-refractivity contribution in [2.45, 2.75) is 0 Å². The van der Waals surface area contributed by atoms with E-state index in [1.807, 2.05) is 6.26 Å². The topological polar surface area (TPSA) is 0 Å². The minimum atomic E-state index is 0.993. The first-order valence-electron chi connectivity index (χ1n) is 0.940. The zero-order chi connectivity index (χ0) is 4.12. The Balaban J connectivity index is 2.40. The van der Waals surface area contributed by atoms with Crippen LogP contribution in [0, 0.1) is 0 Å². The van der Waals surface area contributed by atoms with E-state index in [9.17, 15) is 0 Å². The number of hydrogen-bond donors (Lipinski definition) is 1. The van der Waals surface area contributed by atoms with Crippen molar-refractivity contribution in [3.8, 4) is 0 Å². The molecule has 0 aromatic heterocycles. The second-order valence-corrected chi connectivity index (χ2v) is 5.52. The van der Waals surface area contributed by atoms with Crippen molar-refractivity contribution in [3.63, 3.8) is 0 Å². The molecule has 0 aliphatic heterocycles. The molecule has 4 heteroatoms. The van der Waals surface area contributed by atoms with Gasteiger partial charge in [-0.25, -0.2) is 0 Å². The molecule has 0 radical (unpaired) electrons. The van der Waals surface area contributed by atoms with Crippen LogP contribution in [0.2, 0.25) is 0 Å². The molecule has 0 aromatic carbocycles. The summed E-state index contributed by atoms with van der Waals surface area (Å²) in [4.78, 5) is 0. The fraction of sp³-hybridized carbons (Fsp3) is 1.00. The third-order valence-corrected chi connectivity index (χ3v) is 4.48. The third-order valence-electron chi connectivity index (χ3n) is 0.105. The molecule has 0 atom stereocenters. The van der Waals surface area contributed by atoms with E-state index in [1.54, 1.807) is 20.6 Å². The van der Waals surface area contributed by atoms with Crippen LogP contribution in [-0.2, 0) is 20.5 Å². The molecule has 0 spiro atoms. The molecular formula is CH4S4. The molecule has 0 saturated carbocycles. The second kappa shape index (κ2) is 5.27. The predicted octanol–water partition coefficient (Wildman–Crippen LogP) is 1.19. The zero-order valence-corrected chi connectivity index (χ0v) is 6.02. The van der Waals surface area contributed by atoms with E-state index in [1.165, 1.54) is 0 Å². The summed E-state index contributed by atoms with van der Waals surface area (Å²) in [7, 11) is 4.36. The van der Waals surface area contributed by atoms with E-state index in [2.05, 4.69) is 11.2 Å². The van der Waals surface area contributed by atoms with Gasteiger partial charge in [0.05, 0.1) is 0 Å². The number of thiol groups is 1. The maximum Gasteiger partial charge on any atom is -0.00709 e. The minimum absolute atomic E-state index is 0.993. The summed E-state index contributed by atoms with van der Waals surface area (Å²) in [5.41, 5.74) is 0. The molecule has 0 aliphatic rings. The molecule has 0 aromatic rings. The van der Waals surface area contributed by atoms with E-state index >= 15 is 0 Å². The van der Waals surface area contributed by atoms with Crippen LogP contribution in [0.3, 0.4) is 0 Å². The van der Waals surface area contributed by atoms with Crippen LogP contribution in [0.4, 0.5) is 0 Å². The maximum atomic E-state index is 4.57. The van der Waals surface area contributed by atoms with E-state index in [4.69, 9.17) is 0 Å². The highest BCUT2D eigenvalue weighted by Crippen LogP contribution is 2.13. The van der Waals surface area contributed by atoms with E-state index in [0.717, 1.165) is 9.35 Å². The Morgan fingerprint density at radius 3 is 2.40 bits per heavy atom. The van der Waals surface area contributed by atoms with Crippen molar-refractivity contribution in [3.05, 3.63) is 0 Å². The van der Waals surface area contributed by atoms with Crippen molar-refractivity contribution < 1.29 is 0 Å². The lowest BCUT2D eigenvalue weighted by molar-refractivity contribution is 2.55. The Labute approximate surface area is 47.5 Å². The average Bonchev–Trinajstić information content (AvgIpc) is 1.41. The quantitative estimate of drug-likeness (QED) is 0.457. The van der Waals surface area contributed by atoms with Crippen molar-refractivity contribution in [1.29, 1.82) is 0 Å². The number of rotatable bonds is 2. The van der Waals surface area contributed by atoms with Crippen LogP contribution >= 0.6 is 20.6 Å². The fourth-order valence-corrected chi connectivity index (χ4v) is 2.46. The van der Waals surface area contributed by atoms with Crippen molar-refractivity contribution in [2.24, 2.45) is 0 Å². The molecule has 0 bridgehead atoms. The molecule has 0 fully saturated rings. The first kappa shape index (κ1) is 6.27. The Hall–Kier alpha value is 1.27. The van der Waals surface area contributed by atoms with E-state index < -0.39 is 0 Å². The molecule has 0 saturated heterocycles. The monoisotopic (exact) mass is 144 g/mol. The maximum absolute atomic E-state index is 4.57. The van der Waals surface area contributed by atoms with Crippen LogP contribution in [-0.4, -0.2) is 6.26 Å². The predicted molar refractivity (Wildman–Crippen MR) is 37.2 cm³/mol.